The summed E-state index contributed by atoms with van der Waals surface area (Å²) in [6.45, 7) is 4.28. The summed E-state index contributed by atoms with van der Waals surface area (Å²) >= 11 is 0. The smallest absolute Gasteiger partial charge is 0.225 e. The summed E-state index contributed by atoms with van der Waals surface area (Å²) in [7, 11) is 1.68. The Labute approximate surface area is 95.1 Å². The van der Waals surface area contributed by atoms with Crippen molar-refractivity contribution in [3.05, 3.63) is 36.2 Å². The van der Waals surface area contributed by atoms with Crippen molar-refractivity contribution in [2.24, 2.45) is 0 Å². The molecule has 2 rings (SSSR count). The maximum Gasteiger partial charge on any atom is 0.225 e. The average molecular weight is 217 g/mol. The van der Waals surface area contributed by atoms with Crippen molar-refractivity contribution in [1.29, 1.82) is 0 Å². The van der Waals surface area contributed by atoms with E-state index in [9.17, 15) is 0 Å². The monoisotopic (exact) mass is 217 g/mol. The Balaban J connectivity index is 2.45. The van der Waals surface area contributed by atoms with Crippen LogP contribution in [0.25, 0.3) is 11.5 Å². The van der Waals surface area contributed by atoms with Gasteiger partial charge in [0, 0.05) is 5.56 Å². The molecule has 0 aliphatic rings. The fourth-order valence-corrected chi connectivity index (χ4v) is 1.69. The topological polar surface area (TPSA) is 35.3 Å². The fraction of sp³-hybridized carbons (Fsp3) is 0.308. The highest BCUT2D eigenvalue weighted by Crippen LogP contribution is 2.30. The highest BCUT2D eigenvalue weighted by atomic mass is 16.5. The highest BCUT2D eigenvalue weighted by Gasteiger charge is 2.10. The molecule has 1 aromatic carbocycles. The van der Waals surface area contributed by atoms with Gasteiger partial charge in [0.2, 0.25) is 5.89 Å². The van der Waals surface area contributed by atoms with Gasteiger partial charge >= 0.3 is 0 Å². The summed E-state index contributed by atoms with van der Waals surface area (Å²) in [4.78, 5) is 4.11. The molecule has 0 radical (unpaired) electrons. The van der Waals surface area contributed by atoms with Crippen LogP contribution in [0, 0.1) is 0 Å². The van der Waals surface area contributed by atoms with Crippen LogP contribution in [-0.2, 0) is 0 Å². The maximum atomic E-state index is 5.38. The number of rotatable bonds is 3. The SMILES string of the molecule is COc1cc(-c2ncco2)ccc1C(C)C. The van der Waals surface area contributed by atoms with Crippen LogP contribution >= 0.6 is 0 Å². The summed E-state index contributed by atoms with van der Waals surface area (Å²) in [5, 5.41) is 0. The molecule has 0 saturated carbocycles. The molecule has 3 heteroatoms. The number of nitrogens with zero attached hydrogens (tertiary/aromatic N) is 1. The minimum Gasteiger partial charge on any atom is -0.496 e. The Hall–Kier alpha value is -1.77. The molecule has 0 saturated heterocycles. The molecule has 0 bridgehead atoms. The summed E-state index contributed by atoms with van der Waals surface area (Å²) in [6, 6.07) is 6.02. The molecule has 1 heterocycles. The molecule has 0 aliphatic carbocycles. The van der Waals surface area contributed by atoms with Crippen molar-refractivity contribution in [3.63, 3.8) is 0 Å². The minimum atomic E-state index is 0.438. The van der Waals surface area contributed by atoms with Gasteiger partial charge in [0.25, 0.3) is 0 Å². The Morgan fingerprint density at radius 2 is 2.12 bits per heavy atom. The molecule has 2 aromatic rings. The Morgan fingerprint density at radius 1 is 1.31 bits per heavy atom. The molecule has 0 unspecified atom stereocenters. The van der Waals surface area contributed by atoms with Crippen molar-refractivity contribution >= 4 is 0 Å². The molecule has 3 nitrogen and oxygen atoms in total. The van der Waals surface area contributed by atoms with Crippen LogP contribution in [0.1, 0.15) is 25.3 Å². The molecule has 0 aliphatic heterocycles. The highest BCUT2D eigenvalue weighted by molar-refractivity contribution is 5.58. The first kappa shape index (κ1) is 10.7. The van der Waals surface area contributed by atoms with E-state index >= 15 is 0 Å². The lowest BCUT2D eigenvalue weighted by Crippen LogP contribution is -1.94. The molecule has 0 amide bonds. The van der Waals surface area contributed by atoms with Gasteiger partial charge in [-0.05, 0) is 23.6 Å². The molecule has 0 atom stereocenters. The summed E-state index contributed by atoms with van der Waals surface area (Å²) in [5.74, 6) is 1.94. The Bertz CT molecular complexity index is 461. The predicted octanol–water partition coefficient (Wildman–Crippen LogP) is 3.47. The summed E-state index contributed by atoms with van der Waals surface area (Å²) < 4.78 is 10.6. The fourth-order valence-electron chi connectivity index (χ4n) is 1.69. The third kappa shape index (κ3) is 1.94. The third-order valence-corrected chi connectivity index (χ3v) is 2.53. The van der Waals surface area contributed by atoms with Crippen LogP contribution in [0.3, 0.4) is 0 Å². The predicted molar refractivity (Wildman–Crippen MR) is 62.6 cm³/mol. The molecular weight excluding hydrogens is 202 g/mol. The molecule has 1 aromatic heterocycles. The normalized spacial score (nSPS) is 10.8. The third-order valence-electron chi connectivity index (χ3n) is 2.53. The van der Waals surface area contributed by atoms with E-state index in [4.69, 9.17) is 9.15 Å². The van der Waals surface area contributed by atoms with E-state index in [1.54, 1.807) is 19.6 Å². The van der Waals surface area contributed by atoms with E-state index in [-0.39, 0.29) is 0 Å². The van der Waals surface area contributed by atoms with E-state index < -0.39 is 0 Å². The molecule has 0 spiro atoms. The van der Waals surface area contributed by atoms with Crippen LogP contribution in [-0.4, -0.2) is 12.1 Å². The zero-order valence-corrected chi connectivity index (χ0v) is 9.73. The average Bonchev–Trinajstić information content (AvgIpc) is 2.81. The van der Waals surface area contributed by atoms with Gasteiger partial charge in [-0.25, -0.2) is 4.98 Å². The summed E-state index contributed by atoms with van der Waals surface area (Å²) in [6.07, 6.45) is 3.20. The Morgan fingerprint density at radius 3 is 2.69 bits per heavy atom. The van der Waals surface area contributed by atoms with Crippen LogP contribution in [0.5, 0.6) is 5.75 Å². The van der Waals surface area contributed by atoms with E-state index in [2.05, 4.69) is 24.9 Å². The maximum absolute atomic E-state index is 5.38. The number of methoxy groups -OCH3 is 1. The quantitative estimate of drug-likeness (QED) is 0.789. The van der Waals surface area contributed by atoms with E-state index in [0.717, 1.165) is 11.3 Å². The van der Waals surface area contributed by atoms with E-state index in [0.29, 0.717) is 11.8 Å². The standard InChI is InChI=1S/C13H15NO2/c1-9(2)11-5-4-10(8-12(11)15-3)13-14-6-7-16-13/h4-9H,1-3H3. The van der Waals surface area contributed by atoms with Crippen molar-refractivity contribution < 1.29 is 9.15 Å². The molecule has 0 fully saturated rings. The van der Waals surface area contributed by atoms with Crippen molar-refractivity contribution in [2.75, 3.05) is 7.11 Å². The molecule has 0 N–H and O–H groups in total. The number of aromatic nitrogens is 1. The number of ether oxygens (including phenoxy) is 1. The summed E-state index contributed by atoms with van der Waals surface area (Å²) in [5.41, 5.74) is 2.13. The zero-order valence-electron chi connectivity index (χ0n) is 9.73. The van der Waals surface area contributed by atoms with Gasteiger partial charge < -0.3 is 9.15 Å². The van der Waals surface area contributed by atoms with Gasteiger partial charge in [0.15, 0.2) is 0 Å². The van der Waals surface area contributed by atoms with Crippen LogP contribution in [0.4, 0.5) is 0 Å². The lowest BCUT2D eigenvalue weighted by molar-refractivity contribution is 0.407. The molecule has 84 valence electrons. The number of oxazole rings is 1. The lowest BCUT2D eigenvalue weighted by atomic mass is 10.0. The number of hydrogen-bond donors (Lipinski definition) is 0. The van der Waals surface area contributed by atoms with Gasteiger partial charge in [-0.3, -0.25) is 0 Å². The van der Waals surface area contributed by atoms with Gasteiger partial charge in [0.05, 0.1) is 13.3 Å². The van der Waals surface area contributed by atoms with Gasteiger partial charge in [-0.1, -0.05) is 19.9 Å². The first-order valence-corrected chi connectivity index (χ1v) is 5.30. The van der Waals surface area contributed by atoms with Crippen LogP contribution in [0.15, 0.2) is 35.1 Å². The first-order valence-electron chi connectivity index (χ1n) is 5.30. The van der Waals surface area contributed by atoms with Gasteiger partial charge in [-0.15, -0.1) is 0 Å². The van der Waals surface area contributed by atoms with E-state index in [1.165, 1.54) is 5.56 Å². The number of hydrogen-bond acceptors (Lipinski definition) is 3. The minimum absolute atomic E-state index is 0.438. The van der Waals surface area contributed by atoms with Crippen LogP contribution < -0.4 is 4.74 Å². The van der Waals surface area contributed by atoms with Gasteiger partial charge in [-0.2, -0.15) is 0 Å². The van der Waals surface area contributed by atoms with Crippen molar-refractivity contribution in [1.82, 2.24) is 4.98 Å². The zero-order chi connectivity index (χ0) is 11.5. The molecule has 16 heavy (non-hydrogen) atoms. The second-order valence-corrected chi connectivity index (χ2v) is 3.95. The Kier molecular flexibility index (Phi) is 2.95. The van der Waals surface area contributed by atoms with Gasteiger partial charge in [0.1, 0.15) is 12.0 Å². The van der Waals surface area contributed by atoms with Crippen LogP contribution in [0.2, 0.25) is 0 Å². The molecular formula is C13H15NO2. The van der Waals surface area contributed by atoms with Crippen molar-refractivity contribution in [3.8, 4) is 17.2 Å². The van der Waals surface area contributed by atoms with Crippen molar-refractivity contribution in [2.45, 2.75) is 19.8 Å². The second-order valence-electron chi connectivity index (χ2n) is 3.95. The van der Waals surface area contributed by atoms with E-state index in [1.807, 2.05) is 12.1 Å². The largest absolute Gasteiger partial charge is 0.496 e. The lowest BCUT2D eigenvalue weighted by Gasteiger charge is -2.12. The first-order chi connectivity index (χ1) is 7.72. The number of benzene rings is 1. The second kappa shape index (κ2) is 4.39.